The number of piperidine rings is 1. The van der Waals surface area contributed by atoms with Gasteiger partial charge in [0.1, 0.15) is 17.6 Å². The number of aromatic hydroxyl groups is 1. The van der Waals surface area contributed by atoms with Crippen molar-refractivity contribution in [1.82, 2.24) is 24.0 Å². The van der Waals surface area contributed by atoms with E-state index in [0.29, 0.717) is 29.9 Å². The van der Waals surface area contributed by atoms with Gasteiger partial charge >= 0.3 is 5.69 Å². The Morgan fingerprint density at radius 2 is 2.04 bits per heavy atom. The molecule has 26 heavy (non-hydrogen) atoms. The Bertz CT molecular complexity index is 1060. The largest absolute Gasteiger partial charge is 0.508 e. The summed E-state index contributed by atoms with van der Waals surface area (Å²) in [4.78, 5) is 23.2. The number of rotatable bonds is 2. The van der Waals surface area contributed by atoms with E-state index < -0.39 is 0 Å². The van der Waals surface area contributed by atoms with Crippen molar-refractivity contribution in [3.63, 3.8) is 0 Å². The predicted molar refractivity (Wildman–Crippen MR) is 94.7 cm³/mol. The maximum atomic E-state index is 13.3. The van der Waals surface area contributed by atoms with Gasteiger partial charge in [0, 0.05) is 13.1 Å². The summed E-state index contributed by atoms with van der Waals surface area (Å²) in [6, 6.07) is 6.10. The molecule has 9 nitrogen and oxygen atoms in total. The first-order valence-electron chi connectivity index (χ1n) is 8.27. The molecular weight excluding hydrogens is 334 g/mol. The van der Waals surface area contributed by atoms with Crippen molar-refractivity contribution in [1.29, 1.82) is 5.26 Å². The van der Waals surface area contributed by atoms with Crippen LogP contribution in [0.15, 0.2) is 35.4 Å². The quantitative estimate of drug-likeness (QED) is 0.659. The number of phenolic OH excluding ortho intramolecular Hbond substituents is 1. The van der Waals surface area contributed by atoms with Gasteiger partial charge in [-0.1, -0.05) is 0 Å². The van der Waals surface area contributed by atoms with E-state index in [1.807, 2.05) is 0 Å². The summed E-state index contributed by atoms with van der Waals surface area (Å²) in [5, 5.41) is 18.7. The minimum absolute atomic E-state index is 0.103. The second kappa shape index (κ2) is 6.07. The third-order valence-corrected chi connectivity index (χ3v) is 4.69. The highest BCUT2D eigenvalue weighted by molar-refractivity contribution is 5.84. The number of phenols is 1. The van der Waals surface area contributed by atoms with Crippen molar-refractivity contribution in [3.05, 3.63) is 41.1 Å². The fraction of sp³-hybridized carbons (Fsp3) is 0.294. The van der Waals surface area contributed by atoms with Crippen LogP contribution >= 0.6 is 0 Å². The number of nitriles is 1. The van der Waals surface area contributed by atoms with Crippen molar-refractivity contribution in [2.45, 2.75) is 18.9 Å². The number of fused-ring (bicyclic) bond motifs is 1. The zero-order chi connectivity index (χ0) is 18.3. The maximum Gasteiger partial charge on any atom is 0.335 e. The average Bonchev–Trinajstić information content (AvgIpc) is 2.96. The van der Waals surface area contributed by atoms with Crippen LogP contribution in [-0.2, 0) is 0 Å². The van der Waals surface area contributed by atoms with E-state index >= 15 is 0 Å². The lowest BCUT2D eigenvalue weighted by Crippen LogP contribution is -2.37. The third-order valence-electron chi connectivity index (χ3n) is 4.69. The summed E-state index contributed by atoms with van der Waals surface area (Å²) in [7, 11) is 0. The zero-order valence-electron chi connectivity index (χ0n) is 13.9. The lowest BCUT2D eigenvalue weighted by molar-refractivity contribution is 0.244. The molecule has 1 fully saturated rings. The second-order valence-electron chi connectivity index (χ2n) is 6.28. The first-order valence-corrected chi connectivity index (χ1v) is 8.27. The number of benzene rings is 1. The lowest BCUT2D eigenvalue weighted by atomic mass is 10.1. The van der Waals surface area contributed by atoms with E-state index in [2.05, 4.69) is 16.2 Å². The van der Waals surface area contributed by atoms with Crippen LogP contribution in [0.25, 0.3) is 16.9 Å². The van der Waals surface area contributed by atoms with E-state index in [4.69, 9.17) is 5.73 Å². The van der Waals surface area contributed by atoms with Gasteiger partial charge in [-0.25, -0.2) is 14.8 Å². The number of imidazole rings is 1. The van der Waals surface area contributed by atoms with Crippen molar-refractivity contribution < 1.29 is 5.11 Å². The van der Waals surface area contributed by atoms with Gasteiger partial charge in [0.25, 0.3) is 0 Å². The van der Waals surface area contributed by atoms with Crippen LogP contribution in [0.3, 0.4) is 0 Å². The second-order valence-corrected chi connectivity index (χ2v) is 6.28. The fourth-order valence-electron chi connectivity index (χ4n) is 3.49. The summed E-state index contributed by atoms with van der Waals surface area (Å²) < 4.78 is 3.05. The Morgan fingerprint density at radius 1 is 1.27 bits per heavy atom. The number of hydrogen-bond acceptors (Lipinski definition) is 7. The topological polar surface area (TPSA) is 126 Å². The first kappa shape index (κ1) is 16.0. The summed E-state index contributed by atoms with van der Waals surface area (Å²) in [5.74, 6) is 0.304. The molecule has 2 aromatic heterocycles. The van der Waals surface area contributed by atoms with Crippen molar-refractivity contribution in [3.8, 4) is 17.6 Å². The first-order chi connectivity index (χ1) is 12.6. The number of anilines is 1. The normalized spacial score (nSPS) is 17.3. The van der Waals surface area contributed by atoms with E-state index in [0.717, 1.165) is 12.8 Å². The summed E-state index contributed by atoms with van der Waals surface area (Å²) in [5.41, 5.74) is 7.20. The highest BCUT2D eigenvalue weighted by atomic mass is 16.3. The lowest BCUT2D eigenvalue weighted by Gasteiger charge is -2.29. The van der Waals surface area contributed by atoms with Crippen molar-refractivity contribution >= 4 is 17.0 Å². The van der Waals surface area contributed by atoms with E-state index in [9.17, 15) is 15.2 Å². The smallest absolute Gasteiger partial charge is 0.335 e. The van der Waals surface area contributed by atoms with Gasteiger partial charge in [0.05, 0.1) is 11.7 Å². The van der Waals surface area contributed by atoms with Gasteiger partial charge in [-0.05, 0) is 37.1 Å². The molecule has 3 aromatic rings. The Balaban J connectivity index is 1.96. The SMILES string of the molecule is N#CN1CCCC(n2c(=O)n(-c3ccc(O)cc3)c3c(N)ncnc32)C1. The van der Waals surface area contributed by atoms with Gasteiger partial charge in [-0.15, -0.1) is 0 Å². The number of aromatic nitrogens is 4. The highest BCUT2D eigenvalue weighted by Crippen LogP contribution is 2.27. The molecule has 1 aromatic carbocycles. The molecule has 132 valence electrons. The molecule has 0 amide bonds. The van der Waals surface area contributed by atoms with E-state index in [1.165, 1.54) is 23.0 Å². The van der Waals surface area contributed by atoms with Crippen LogP contribution in [-0.4, -0.2) is 42.2 Å². The van der Waals surface area contributed by atoms with Crippen molar-refractivity contribution in [2.24, 2.45) is 0 Å². The van der Waals surface area contributed by atoms with Crippen LogP contribution in [0.5, 0.6) is 5.75 Å². The van der Waals surface area contributed by atoms with Crippen LogP contribution in [0.2, 0.25) is 0 Å². The summed E-state index contributed by atoms with van der Waals surface area (Å²) in [6.45, 7) is 1.14. The fourth-order valence-corrected chi connectivity index (χ4v) is 3.49. The number of nitrogen functional groups attached to an aromatic ring is 1. The van der Waals surface area contributed by atoms with Crippen LogP contribution in [0.1, 0.15) is 18.9 Å². The standard InChI is InChI=1S/C17H17N7O2/c18-9-22-7-1-2-12(8-22)24-16-14(15(19)20-10-21-16)23(17(24)26)11-3-5-13(25)6-4-11/h3-6,10,12,25H,1-2,7-8H2,(H2,19,20,21). The molecule has 9 heteroatoms. The minimum atomic E-state index is -0.289. The van der Waals surface area contributed by atoms with Gasteiger partial charge in [0.15, 0.2) is 17.7 Å². The van der Waals surface area contributed by atoms with Gasteiger partial charge in [-0.2, -0.15) is 5.26 Å². The van der Waals surface area contributed by atoms with Crippen LogP contribution in [0, 0.1) is 11.5 Å². The number of nitrogens with two attached hydrogens (primary N) is 1. The minimum Gasteiger partial charge on any atom is -0.508 e. The van der Waals surface area contributed by atoms with Crippen LogP contribution < -0.4 is 11.4 Å². The molecule has 3 N–H and O–H groups in total. The molecule has 1 unspecified atom stereocenters. The molecule has 0 spiro atoms. The van der Waals surface area contributed by atoms with E-state index in [-0.39, 0.29) is 23.3 Å². The Labute approximate surface area is 148 Å². The third kappa shape index (κ3) is 2.43. The zero-order valence-corrected chi connectivity index (χ0v) is 13.9. The van der Waals surface area contributed by atoms with Gasteiger partial charge in [-0.3, -0.25) is 9.13 Å². The molecule has 0 bridgehead atoms. The molecule has 3 heterocycles. The van der Waals surface area contributed by atoms with Crippen LogP contribution in [0.4, 0.5) is 5.82 Å². The highest BCUT2D eigenvalue weighted by Gasteiger charge is 2.27. The van der Waals surface area contributed by atoms with Gasteiger partial charge < -0.3 is 15.7 Å². The number of nitrogens with zero attached hydrogens (tertiary/aromatic N) is 6. The van der Waals surface area contributed by atoms with Gasteiger partial charge in [0.2, 0.25) is 0 Å². The molecule has 0 radical (unpaired) electrons. The predicted octanol–water partition coefficient (Wildman–Crippen LogP) is 0.988. The molecule has 4 rings (SSSR count). The Morgan fingerprint density at radius 3 is 2.77 bits per heavy atom. The molecule has 1 aliphatic heterocycles. The molecule has 1 atom stereocenters. The van der Waals surface area contributed by atoms with E-state index in [1.54, 1.807) is 21.6 Å². The Hall–Kier alpha value is -3.54. The molecular formula is C17H17N7O2. The number of likely N-dealkylation sites (tertiary alicyclic amines) is 1. The maximum absolute atomic E-state index is 13.3. The molecule has 1 aliphatic rings. The molecule has 1 saturated heterocycles. The molecule has 0 saturated carbocycles. The monoisotopic (exact) mass is 351 g/mol. The average molecular weight is 351 g/mol. The van der Waals surface area contributed by atoms with Crippen molar-refractivity contribution in [2.75, 3.05) is 18.8 Å². The molecule has 0 aliphatic carbocycles. The Kier molecular flexibility index (Phi) is 3.73. The summed E-state index contributed by atoms with van der Waals surface area (Å²) >= 11 is 0. The number of hydrogen-bond donors (Lipinski definition) is 2. The summed E-state index contributed by atoms with van der Waals surface area (Å²) in [6.07, 6.45) is 5.08.